The van der Waals surface area contributed by atoms with Gasteiger partial charge in [-0.25, -0.2) is 4.98 Å². The molecule has 1 aromatic heterocycles. The van der Waals surface area contributed by atoms with E-state index in [1.54, 1.807) is 24.3 Å². The van der Waals surface area contributed by atoms with Crippen molar-refractivity contribution >= 4 is 27.7 Å². The molecule has 1 heterocycles. The topological polar surface area (TPSA) is 63.2 Å². The van der Waals surface area contributed by atoms with Crippen LogP contribution in [-0.2, 0) is 11.0 Å². The Balaban J connectivity index is 1.65. The van der Waals surface area contributed by atoms with E-state index in [1.165, 1.54) is 6.07 Å². The van der Waals surface area contributed by atoms with Crippen molar-refractivity contribution in [1.29, 1.82) is 0 Å². The number of alkyl halides is 3. The fourth-order valence-corrected chi connectivity index (χ4v) is 2.05. The molecular formula is C16H15BrF3N3O2. The first-order valence-corrected chi connectivity index (χ1v) is 8.06. The number of hydrogen-bond donors (Lipinski definition) is 2. The van der Waals surface area contributed by atoms with E-state index < -0.39 is 11.7 Å². The monoisotopic (exact) mass is 417 g/mol. The molecule has 2 aromatic rings. The first kappa shape index (κ1) is 19.0. The summed E-state index contributed by atoms with van der Waals surface area (Å²) in [5.41, 5.74) is -0.809. The molecule has 0 bridgehead atoms. The lowest BCUT2D eigenvalue weighted by molar-refractivity contribution is -0.137. The van der Waals surface area contributed by atoms with Crippen LogP contribution in [-0.4, -0.2) is 30.6 Å². The number of aromatic nitrogens is 1. The number of carbonyl (C=O) groups is 1. The van der Waals surface area contributed by atoms with Crippen molar-refractivity contribution in [3.63, 3.8) is 0 Å². The van der Waals surface area contributed by atoms with Gasteiger partial charge < -0.3 is 15.4 Å². The predicted molar refractivity (Wildman–Crippen MR) is 90.4 cm³/mol. The molecular weight excluding hydrogens is 403 g/mol. The van der Waals surface area contributed by atoms with E-state index in [1.807, 2.05) is 0 Å². The van der Waals surface area contributed by atoms with Crippen LogP contribution < -0.4 is 15.4 Å². The van der Waals surface area contributed by atoms with E-state index in [-0.39, 0.29) is 19.1 Å². The molecule has 2 rings (SSSR count). The van der Waals surface area contributed by atoms with E-state index in [4.69, 9.17) is 4.74 Å². The lowest BCUT2D eigenvalue weighted by Crippen LogP contribution is -2.32. The Bertz CT molecular complexity index is 691. The largest absolute Gasteiger partial charge is 0.484 e. The highest BCUT2D eigenvalue weighted by Crippen LogP contribution is 2.28. The van der Waals surface area contributed by atoms with Crippen molar-refractivity contribution in [1.82, 2.24) is 10.3 Å². The molecule has 0 saturated heterocycles. The number of pyridine rings is 1. The Hall–Kier alpha value is -2.29. The summed E-state index contributed by atoms with van der Waals surface area (Å²) in [5, 5.41) is 5.45. The van der Waals surface area contributed by atoms with Crippen molar-refractivity contribution in [3.05, 3.63) is 52.6 Å². The minimum atomic E-state index is -4.41. The average molecular weight is 418 g/mol. The lowest BCUT2D eigenvalue weighted by Gasteiger charge is -2.10. The van der Waals surface area contributed by atoms with Crippen molar-refractivity contribution in [2.24, 2.45) is 0 Å². The number of nitrogens with zero attached hydrogens (tertiary/aromatic N) is 1. The van der Waals surface area contributed by atoms with Gasteiger partial charge >= 0.3 is 6.18 Å². The second-order valence-corrected chi connectivity index (χ2v) is 5.86. The first-order valence-electron chi connectivity index (χ1n) is 7.27. The van der Waals surface area contributed by atoms with Gasteiger partial charge in [-0.3, -0.25) is 4.79 Å². The quantitative estimate of drug-likeness (QED) is 0.677. The van der Waals surface area contributed by atoms with Gasteiger partial charge in [-0.2, -0.15) is 13.2 Å². The number of hydrogen-bond acceptors (Lipinski definition) is 4. The average Bonchev–Trinajstić information content (AvgIpc) is 2.58. The smallest absolute Gasteiger partial charge is 0.417 e. The van der Waals surface area contributed by atoms with Crippen molar-refractivity contribution in [2.45, 2.75) is 6.18 Å². The summed E-state index contributed by atoms with van der Waals surface area (Å²) in [5.74, 6) is 0.573. The molecule has 0 spiro atoms. The number of anilines is 1. The van der Waals surface area contributed by atoms with Crippen LogP contribution in [0.1, 0.15) is 5.56 Å². The third-order valence-corrected chi connectivity index (χ3v) is 3.56. The van der Waals surface area contributed by atoms with Gasteiger partial charge in [0.2, 0.25) is 0 Å². The second-order valence-electron chi connectivity index (χ2n) is 4.95. The fraction of sp³-hybridized carbons (Fsp3) is 0.250. The third kappa shape index (κ3) is 6.61. The molecule has 1 aromatic carbocycles. The number of carbonyl (C=O) groups excluding carboxylic acids is 1. The summed E-state index contributed by atoms with van der Waals surface area (Å²) in [6, 6.07) is 9.24. The number of rotatable bonds is 7. The zero-order valence-corrected chi connectivity index (χ0v) is 14.5. The molecule has 0 aliphatic rings. The van der Waals surface area contributed by atoms with Gasteiger partial charge in [-0.05, 0) is 36.4 Å². The Kier molecular flexibility index (Phi) is 6.63. The van der Waals surface area contributed by atoms with Crippen molar-refractivity contribution in [3.8, 4) is 5.75 Å². The SMILES string of the molecule is O=C(COc1ccc(Br)cc1)NCCNc1ccc(C(F)(F)F)cn1. The summed E-state index contributed by atoms with van der Waals surface area (Å²) in [6.07, 6.45) is -3.65. The van der Waals surface area contributed by atoms with Crippen molar-refractivity contribution in [2.75, 3.05) is 25.0 Å². The Labute approximate surface area is 150 Å². The summed E-state index contributed by atoms with van der Waals surface area (Å²) >= 11 is 3.30. The standard InChI is InChI=1S/C16H15BrF3N3O2/c17-12-2-4-13(5-3-12)25-10-15(24)22-8-7-21-14-6-1-11(9-23-14)16(18,19)20/h1-6,9H,7-8,10H2,(H,21,23)(H,22,24). The van der Waals surface area contributed by atoms with E-state index >= 15 is 0 Å². The highest BCUT2D eigenvalue weighted by atomic mass is 79.9. The van der Waals surface area contributed by atoms with Gasteiger partial charge in [-0.15, -0.1) is 0 Å². The van der Waals surface area contributed by atoms with Crippen LogP contribution in [0.5, 0.6) is 5.75 Å². The van der Waals surface area contributed by atoms with Gasteiger partial charge in [0.1, 0.15) is 11.6 Å². The molecule has 0 saturated carbocycles. The van der Waals surface area contributed by atoms with Gasteiger partial charge in [0.25, 0.3) is 5.91 Å². The molecule has 0 radical (unpaired) electrons. The molecule has 0 aliphatic heterocycles. The van der Waals surface area contributed by atoms with Crippen LogP contribution in [0.25, 0.3) is 0 Å². The predicted octanol–water partition coefficient (Wildman–Crippen LogP) is 3.47. The zero-order chi connectivity index (χ0) is 18.3. The maximum Gasteiger partial charge on any atom is 0.417 e. The summed E-state index contributed by atoms with van der Waals surface area (Å²) < 4.78 is 43.4. The van der Waals surface area contributed by atoms with Crippen molar-refractivity contribution < 1.29 is 22.7 Å². The van der Waals surface area contributed by atoms with Gasteiger partial charge in [-0.1, -0.05) is 15.9 Å². The summed E-state index contributed by atoms with van der Waals surface area (Å²) in [6.45, 7) is 0.480. The maximum atomic E-state index is 12.4. The normalized spacial score (nSPS) is 11.0. The molecule has 134 valence electrons. The molecule has 0 atom stereocenters. The minimum Gasteiger partial charge on any atom is -0.484 e. The third-order valence-electron chi connectivity index (χ3n) is 3.03. The van der Waals surface area contributed by atoms with Gasteiger partial charge in [0.05, 0.1) is 5.56 Å². The number of halogens is 4. The Morgan fingerprint density at radius 2 is 1.84 bits per heavy atom. The minimum absolute atomic E-state index is 0.125. The van der Waals surface area contributed by atoms with E-state index in [0.717, 1.165) is 16.7 Å². The molecule has 9 heteroatoms. The van der Waals surface area contributed by atoms with Crippen LogP contribution in [0.3, 0.4) is 0 Å². The fourth-order valence-electron chi connectivity index (χ4n) is 1.79. The number of ether oxygens (including phenoxy) is 1. The van der Waals surface area contributed by atoms with E-state index in [2.05, 4.69) is 31.5 Å². The number of benzene rings is 1. The summed E-state index contributed by atoms with van der Waals surface area (Å²) in [4.78, 5) is 15.3. The molecule has 5 nitrogen and oxygen atoms in total. The summed E-state index contributed by atoms with van der Waals surface area (Å²) in [7, 11) is 0. The highest BCUT2D eigenvalue weighted by molar-refractivity contribution is 9.10. The van der Waals surface area contributed by atoms with Crippen LogP contribution >= 0.6 is 15.9 Å². The maximum absolute atomic E-state index is 12.4. The molecule has 25 heavy (non-hydrogen) atoms. The van der Waals surface area contributed by atoms with Crippen LogP contribution in [0.2, 0.25) is 0 Å². The van der Waals surface area contributed by atoms with Crippen LogP contribution in [0, 0.1) is 0 Å². The zero-order valence-electron chi connectivity index (χ0n) is 12.9. The molecule has 0 unspecified atom stereocenters. The number of amides is 1. The van der Waals surface area contributed by atoms with Gasteiger partial charge in [0.15, 0.2) is 6.61 Å². The molecule has 0 aliphatic carbocycles. The molecule has 2 N–H and O–H groups in total. The highest BCUT2D eigenvalue weighted by Gasteiger charge is 2.30. The molecule has 0 fully saturated rings. The van der Waals surface area contributed by atoms with E-state index in [9.17, 15) is 18.0 Å². The molecule has 1 amide bonds. The number of nitrogens with one attached hydrogen (secondary N) is 2. The first-order chi connectivity index (χ1) is 11.8. The Morgan fingerprint density at radius 3 is 2.44 bits per heavy atom. The van der Waals surface area contributed by atoms with Gasteiger partial charge in [0, 0.05) is 23.8 Å². The lowest BCUT2D eigenvalue weighted by atomic mass is 10.3. The second kappa shape index (κ2) is 8.70. The Morgan fingerprint density at radius 1 is 1.12 bits per heavy atom. The van der Waals surface area contributed by atoms with Crippen LogP contribution in [0.4, 0.5) is 19.0 Å². The van der Waals surface area contributed by atoms with E-state index in [0.29, 0.717) is 18.1 Å². The van der Waals surface area contributed by atoms with Crippen LogP contribution in [0.15, 0.2) is 47.1 Å².